The Morgan fingerprint density at radius 2 is 1.96 bits per heavy atom. The van der Waals surface area contributed by atoms with E-state index in [-0.39, 0.29) is 30.3 Å². The summed E-state index contributed by atoms with van der Waals surface area (Å²) in [5, 5.41) is 5.68. The molecule has 1 aliphatic rings. The van der Waals surface area contributed by atoms with E-state index in [1.807, 2.05) is 30.3 Å². The van der Waals surface area contributed by atoms with Crippen LogP contribution in [0.5, 0.6) is 5.75 Å². The van der Waals surface area contributed by atoms with Crippen LogP contribution in [0.15, 0.2) is 54.6 Å². The number of benzene rings is 2. The monoisotopic (exact) mass is 385 g/mol. The van der Waals surface area contributed by atoms with E-state index in [0.717, 1.165) is 18.5 Å². The number of nitrogens with zero attached hydrogens (tertiary/aromatic N) is 1. The van der Waals surface area contributed by atoms with Crippen LogP contribution in [-0.4, -0.2) is 43.1 Å². The lowest BCUT2D eigenvalue weighted by molar-refractivity contribution is -0.121. The van der Waals surface area contributed by atoms with Crippen molar-refractivity contribution in [3.8, 4) is 5.75 Å². The molecule has 7 heteroatoms. The molecule has 1 aliphatic heterocycles. The lowest BCUT2D eigenvalue weighted by atomic mass is 9.97. The number of para-hydroxylation sites is 1. The first-order valence-electron chi connectivity index (χ1n) is 9.39. The number of anilines is 1. The third-order valence-corrected chi connectivity index (χ3v) is 4.56. The Hall–Kier alpha value is -3.09. The minimum atomic E-state index is -0.366. The van der Waals surface area contributed by atoms with Crippen LogP contribution in [0.3, 0.4) is 0 Å². The van der Waals surface area contributed by atoms with Gasteiger partial charge < -0.3 is 20.3 Å². The van der Waals surface area contributed by atoms with Crippen LogP contribution >= 0.6 is 0 Å². The molecule has 0 bridgehead atoms. The van der Waals surface area contributed by atoms with Crippen molar-refractivity contribution in [1.82, 2.24) is 10.2 Å². The fourth-order valence-corrected chi connectivity index (χ4v) is 3.14. The third kappa shape index (κ3) is 5.70. The van der Waals surface area contributed by atoms with Gasteiger partial charge in [0, 0.05) is 24.8 Å². The fraction of sp³-hybridized carbons (Fsp3) is 0.333. The average molecular weight is 385 g/mol. The molecule has 1 unspecified atom stereocenters. The Bertz CT molecular complexity index is 800. The molecule has 1 heterocycles. The smallest absolute Gasteiger partial charge is 0.317 e. The van der Waals surface area contributed by atoms with Gasteiger partial charge in [-0.05, 0) is 37.1 Å². The standard InChI is InChI=1S/C21H24FN3O3/c22-17-7-4-10-19(14-17)28-13-11-23-21(27)25-12-5-6-16(15-25)20(26)24-18-8-2-1-3-9-18/h1-4,7-10,14,16H,5-6,11-13,15H2,(H,23,27)(H,24,26). The average Bonchev–Trinajstić information content (AvgIpc) is 2.72. The minimum Gasteiger partial charge on any atom is -0.492 e. The van der Waals surface area contributed by atoms with Crippen LogP contribution in [-0.2, 0) is 4.79 Å². The van der Waals surface area contributed by atoms with Gasteiger partial charge in [-0.1, -0.05) is 24.3 Å². The Labute approximate surface area is 163 Å². The number of hydrogen-bond acceptors (Lipinski definition) is 3. The number of ether oxygens (including phenoxy) is 1. The SMILES string of the molecule is O=C(Nc1ccccc1)C1CCCN(C(=O)NCCOc2cccc(F)c2)C1. The van der Waals surface area contributed by atoms with Crippen molar-refractivity contribution >= 4 is 17.6 Å². The van der Waals surface area contributed by atoms with Crippen molar-refractivity contribution in [3.63, 3.8) is 0 Å². The van der Waals surface area contributed by atoms with Gasteiger partial charge in [0.2, 0.25) is 5.91 Å². The number of piperidine rings is 1. The van der Waals surface area contributed by atoms with Gasteiger partial charge in [-0.15, -0.1) is 0 Å². The quantitative estimate of drug-likeness (QED) is 0.750. The largest absolute Gasteiger partial charge is 0.492 e. The van der Waals surface area contributed by atoms with Gasteiger partial charge in [-0.2, -0.15) is 0 Å². The van der Waals surface area contributed by atoms with E-state index < -0.39 is 0 Å². The molecule has 1 fully saturated rings. The number of amides is 3. The molecule has 1 atom stereocenters. The number of nitrogens with one attached hydrogen (secondary N) is 2. The fourth-order valence-electron chi connectivity index (χ4n) is 3.14. The Morgan fingerprint density at radius 1 is 1.14 bits per heavy atom. The van der Waals surface area contributed by atoms with Gasteiger partial charge in [-0.25, -0.2) is 9.18 Å². The van der Waals surface area contributed by atoms with E-state index in [4.69, 9.17) is 4.74 Å². The van der Waals surface area contributed by atoms with Gasteiger partial charge in [0.25, 0.3) is 0 Å². The lowest BCUT2D eigenvalue weighted by Gasteiger charge is -2.32. The number of halogens is 1. The molecule has 2 aromatic carbocycles. The highest BCUT2D eigenvalue weighted by Crippen LogP contribution is 2.19. The molecule has 0 radical (unpaired) electrons. The Morgan fingerprint density at radius 3 is 2.75 bits per heavy atom. The van der Waals surface area contributed by atoms with Crippen LogP contribution in [0, 0.1) is 11.7 Å². The summed E-state index contributed by atoms with van der Waals surface area (Å²) < 4.78 is 18.5. The summed E-state index contributed by atoms with van der Waals surface area (Å²) in [6, 6.07) is 14.9. The topological polar surface area (TPSA) is 70.7 Å². The lowest BCUT2D eigenvalue weighted by Crippen LogP contribution is -2.48. The van der Waals surface area contributed by atoms with Crippen LogP contribution in [0.1, 0.15) is 12.8 Å². The van der Waals surface area contributed by atoms with Crippen molar-refractivity contribution in [2.24, 2.45) is 5.92 Å². The predicted molar refractivity (Wildman–Crippen MR) is 105 cm³/mol. The summed E-state index contributed by atoms with van der Waals surface area (Å²) in [5.74, 6) is -0.249. The van der Waals surface area contributed by atoms with E-state index in [2.05, 4.69) is 10.6 Å². The highest BCUT2D eigenvalue weighted by molar-refractivity contribution is 5.93. The number of rotatable bonds is 6. The second-order valence-corrected chi connectivity index (χ2v) is 6.68. The van der Waals surface area contributed by atoms with Crippen molar-refractivity contribution < 1.29 is 18.7 Å². The van der Waals surface area contributed by atoms with Crippen LogP contribution < -0.4 is 15.4 Å². The maximum Gasteiger partial charge on any atom is 0.317 e. The maximum atomic E-state index is 13.1. The highest BCUT2D eigenvalue weighted by atomic mass is 19.1. The molecule has 0 saturated carbocycles. The molecule has 3 amide bonds. The molecule has 3 rings (SSSR count). The molecular formula is C21H24FN3O3. The van der Waals surface area contributed by atoms with E-state index >= 15 is 0 Å². The van der Waals surface area contributed by atoms with Gasteiger partial charge in [0.15, 0.2) is 0 Å². The van der Waals surface area contributed by atoms with Crippen molar-refractivity contribution in [2.75, 3.05) is 31.6 Å². The number of hydrogen-bond donors (Lipinski definition) is 2. The van der Waals surface area contributed by atoms with Crippen molar-refractivity contribution in [2.45, 2.75) is 12.8 Å². The molecule has 0 aliphatic carbocycles. The minimum absolute atomic E-state index is 0.0712. The van der Waals surface area contributed by atoms with E-state index in [1.165, 1.54) is 12.1 Å². The Kier molecular flexibility index (Phi) is 6.84. The summed E-state index contributed by atoms with van der Waals surface area (Å²) in [4.78, 5) is 26.5. The third-order valence-electron chi connectivity index (χ3n) is 4.56. The predicted octanol–water partition coefficient (Wildman–Crippen LogP) is 3.26. The van der Waals surface area contributed by atoms with E-state index in [9.17, 15) is 14.0 Å². The molecular weight excluding hydrogens is 361 g/mol. The zero-order valence-corrected chi connectivity index (χ0v) is 15.6. The number of carbonyl (C=O) groups is 2. The van der Waals surface area contributed by atoms with Crippen molar-refractivity contribution in [3.05, 3.63) is 60.4 Å². The summed E-state index contributed by atoms with van der Waals surface area (Å²) in [6.07, 6.45) is 1.53. The molecule has 1 saturated heterocycles. The van der Waals surface area contributed by atoms with Gasteiger partial charge in [0.1, 0.15) is 18.2 Å². The van der Waals surface area contributed by atoms with E-state index in [0.29, 0.717) is 25.4 Å². The first kappa shape index (κ1) is 19.7. The van der Waals surface area contributed by atoms with Crippen LogP contribution in [0.25, 0.3) is 0 Å². The second kappa shape index (κ2) is 9.73. The molecule has 28 heavy (non-hydrogen) atoms. The molecule has 2 aromatic rings. The summed E-state index contributed by atoms with van der Waals surface area (Å²) >= 11 is 0. The molecule has 0 aromatic heterocycles. The Balaban J connectivity index is 1.41. The molecule has 148 valence electrons. The second-order valence-electron chi connectivity index (χ2n) is 6.68. The number of carbonyl (C=O) groups excluding carboxylic acids is 2. The summed E-state index contributed by atoms with van der Waals surface area (Å²) in [5.41, 5.74) is 0.753. The zero-order chi connectivity index (χ0) is 19.8. The zero-order valence-electron chi connectivity index (χ0n) is 15.6. The van der Waals surface area contributed by atoms with Gasteiger partial charge >= 0.3 is 6.03 Å². The highest BCUT2D eigenvalue weighted by Gasteiger charge is 2.28. The maximum absolute atomic E-state index is 13.1. The van der Waals surface area contributed by atoms with Crippen LogP contribution in [0.4, 0.5) is 14.9 Å². The normalized spacial score (nSPS) is 16.3. The summed E-state index contributed by atoms with van der Waals surface area (Å²) in [6.45, 7) is 1.54. The molecule has 0 spiro atoms. The van der Waals surface area contributed by atoms with Gasteiger partial charge in [-0.3, -0.25) is 4.79 Å². The molecule has 2 N–H and O–H groups in total. The number of likely N-dealkylation sites (tertiary alicyclic amines) is 1. The molecule has 6 nitrogen and oxygen atoms in total. The van der Waals surface area contributed by atoms with Gasteiger partial charge in [0.05, 0.1) is 12.5 Å². The van der Waals surface area contributed by atoms with Crippen LogP contribution in [0.2, 0.25) is 0 Å². The number of urea groups is 1. The first-order valence-corrected chi connectivity index (χ1v) is 9.39. The van der Waals surface area contributed by atoms with Crippen molar-refractivity contribution in [1.29, 1.82) is 0 Å². The first-order chi connectivity index (χ1) is 13.6. The van der Waals surface area contributed by atoms with E-state index in [1.54, 1.807) is 17.0 Å². The summed E-state index contributed by atoms with van der Waals surface area (Å²) in [7, 11) is 0.